The van der Waals surface area contributed by atoms with E-state index in [2.05, 4.69) is 25.6 Å². The number of benzene rings is 1. The molecule has 0 aliphatic rings. The molecule has 2 rings (SSSR count). The number of methoxy groups -OCH3 is 1. The molecule has 2 aromatic rings. The highest BCUT2D eigenvalue weighted by Crippen LogP contribution is 2.08. The van der Waals surface area contributed by atoms with E-state index in [9.17, 15) is 9.18 Å². The third-order valence-corrected chi connectivity index (χ3v) is 2.18. The van der Waals surface area contributed by atoms with Gasteiger partial charge in [0.15, 0.2) is 5.82 Å². The highest BCUT2D eigenvalue weighted by Gasteiger charge is 2.09. The van der Waals surface area contributed by atoms with E-state index >= 15 is 0 Å². The van der Waals surface area contributed by atoms with Gasteiger partial charge in [-0.15, -0.1) is 5.10 Å². The summed E-state index contributed by atoms with van der Waals surface area (Å²) in [5.74, 6) is 0.0630. The number of nitrogens with one attached hydrogen (secondary N) is 1. The van der Waals surface area contributed by atoms with Crippen molar-refractivity contribution in [1.29, 1.82) is 0 Å². The van der Waals surface area contributed by atoms with Crippen molar-refractivity contribution >= 4 is 6.09 Å². The summed E-state index contributed by atoms with van der Waals surface area (Å²) in [7, 11) is 1.26. The number of tetrazole rings is 1. The van der Waals surface area contributed by atoms with Crippen LogP contribution < -0.4 is 5.32 Å². The second-order valence-corrected chi connectivity index (χ2v) is 3.33. The van der Waals surface area contributed by atoms with Gasteiger partial charge in [-0.05, 0) is 34.7 Å². The third-order valence-electron chi connectivity index (χ3n) is 2.18. The zero-order chi connectivity index (χ0) is 13.0. The first-order valence-electron chi connectivity index (χ1n) is 5.05. The topological polar surface area (TPSA) is 81.9 Å². The van der Waals surface area contributed by atoms with Gasteiger partial charge in [0.25, 0.3) is 0 Å². The average Bonchev–Trinajstić information content (AvgIpc) is 2.85. The van der Waals surface area contributed by atoms with E-state index in [1.807, 2.05) is 0 Å². The Labute approximate surface area is 102 Å². The standard InChI is InChI=1S/C10H10FN5O2/c1-18-10(17)12-6-9-13-14-15-16(9)8-4-2-7(11)3-5-8/h2-5H,6H2,1H3,(H,12,17). The Balaban J connectivity index is 2.17. The summed E-state index contributed by atoms with van der Waals surface area (Å²) in [6.45, 7) is 0.108. The predicted molar refractivity (Wildman–Crippen MR) is 58.4 cm³/mol. The van der Waals surface area contributed by atoms with Crippen molar-refractivity contribution in [1.82, 2.24) is 25.5 Å². The second kappa shape index (κ2) is 5.21. The molecule has 7 nitrogen and oxygen atoms in total. The molecular weight excluding hydrogens is 241 g/mol. The maximum Gasteiger partial charge on any atom is 0.407 e. The number of ether oxygens (including phenoxy) is 1. The molecule has 0 saturated heterocycles. The van der Waals surface area contributed by atoms with Gasteiger partial charge in [-0.1, -0.05) is 0 Å². The van der Waals surface area contributed by atoms with E-state index in [4.69, 9.17) is 0 Å². The van der Waals surface area contributed by atoms with E-state index < -0.39 is 6.09 Å². The Morgan fingerprint density at radius 2 is 2.17 bits per heavy atom. The lowest BCUT2D eigenvalue weighted by Gasteiger charge is -2.05. The van der Waals surface area contributed by atoms with Crippen LogP contribution in [0.1, 0.15) is 5.82 Å². The number of halogens is 1. The molecule has 0 atom stereocenters. The zero-order valence-electron chi connectivity index (χ0n) is 9.50. The molecule has 1 aromatic heterocycles. The maximum atomic E-state index is 12.8. The first-order valence-corrected chi connectivity index (χ1v) is 5.05. The van der Waals surface area contributed by atoms with Crippen molar-refractivity contribution in [3.05, 3.63) is 35.9 Å². The zero-order valence-corrected chi connectivity index (χ0v) is 9.50. The van der Waals surface area contributed by atoms with Crippen LogP contribution in [0.3, 0.4) is 0 Å². The average molecular weight is 251 g/mol. The SMILES string of the molecule is COC(=O)NCc1nnnn1-c1ccc(F)cc1. The Morgan fingerprint density at radius 3 is 2.83 bits per heavy atom. The minimum atomic E-state index is -0.580. The van der Waals surface area contributed by atoms with Crippen molar-refractivity contribution < 1.29 is 13.9 Å². The summed E-state index contributed by atoms with van der Waals surface area (Å²) in [6.07, 6.45) is -0.580. The minimum absolute atomic E-state index is 0.108. The van der Waals surface area contributed by atoms with Crippen LogP contribution in [0.4, 0.5) is 9.18 Å². The van der Waals surface area contributed by atoms with Gasteiger partial charge in [-0.25, -0.2) is 9.18 Å². The Morgan fingerprint density at radius 1 is 1.44 bits per heavy atom. The molecule has 0 aliphatic carbocycles. The molecule has 0 saturated carbocycles. The summed E-state index contributed by atoms with van der Waals surface area (Å²) >= 11 is 0. The molecule has 18 heavy (non-hydrogen) atoms. The number of hydrogen-bond donors (Lipinski definition) is 1. The van der Waals surface area contributed by atoms with Gasteiger partial charge in [-0.2, -0.15) is 4.68 Å². The van der Waals surface area contributed by atoms with E-state index in [0.29, 0.717) is 11.5 Å². The van der Waals surface area contributed by atoms with Crippen LogP contribution in [-0.4, -0.2) is 33.4 Å². The van der Waals surface area contributed by atoms with Crippen LogP contribution >= 0.6 is 0 Å². The quantitative estimate of drug-likeness (QED) is 0.866. The summed E-state index contributed by atoms with van der Waals surface area (Å²) in [6, 6.07) is 5.67. The van der Waals surface area contributed by atoms with Crippen molar-refractivity contribution in [3.63, 3.8) is 0 Å². The van der Waals surface area contributed by atoms with Gasteiger partial charge in [0.2, 0.25) is 0 Å². The molecular formula is C10H10FN5O2. The fourth-order valence-corrected chi connectivity index (χ4v) is 1.32. The van der Waals surface area contributed by atoms with Gasteiger partial charge in [0.1, 0.15) is 5.82 Å². The highest BCUT2D eigenvalue weighted by atomic mass is 19.1. The van der Waals surface area contributed by atoms with Crippen molar-refractivity contribution in [3.8, 4) is 5.69 Å². The molecule has 0 spiro atoms. The van der Waals surface area contributed by atoms with Crippen LogP contribution in [0.25, 0.3) is 5.69 Å². The molecule has 1 heterocycles. The molecule has 0 bridgehead atoms. The van der Waals surface area contributed by atoms with Crippen LogP contribution in [0, 0.1) is 5.82 Å². The van der Waals surface area contributed by atoms with E-state index in [0.717, 1.165) is 0 Å². The molecule has 0 radical (unpaired) electrons. The smallest absolute Gasteiger partial charge is 0.407 e. The number of amides is 1. The van der Waals surface area contributed by atoms with E-state index in [1.54, 1.807) is 0 Å². The fourth-order valence-electron chi connectivity index (χ4n) is 1.32. The highest BCUT2D eigenvalue weighted by molar-refractivity contribution is 5.66. The number of aromatic nitrogens is 4. The minimum Gasteiger partial charge on any atom is -0.453 e. The number of carbonyl (C=O) groups is 1. The molecule has 0 aliphatic heterocycles. The molecule has 1 amide bonds. The van der Waals surface area contributed by atoms with Crippen LogP contribution in [0.15, 0.2) is 24.3 Å². The summed E-state index contributed by atoms with van der Waals surface area (Å²) < 4.78 is 18.6. The monoisotopic (exact) mass is 251 g/mol. The van der Waals surface area contributed by atoms with E-state index in [-0.39, 0.29) is 12.4 Å². The first kappa shape index (κ1) is 12.0. The maximum absolute atomic E-state index is 12.8. The molecule has 94 valence electrons. The number of carbonyl (C=O) groups excluding carboxylic acids is 1. The predicted octanol–water partition coefficient (Wildman–Crippen LogP) is 0.657. The first-order chi connectivity index (χ1) is 8.70. The van der Waals surface area contributed by atoms with Crippen molar-refractivity contribution in [2.75, 3.05) is 7.11 Å². The summed E-state index contributed by atoms with van der Waals surface area (Å²) in [4.78, 5) is 10.9. The summed E-state index contributed by atoms with van der Waals surface area (Å²) in [5.41, 5.74) is 0.600. The van der Waals surface area contributed by atoms with Gasteiger partial charge in [-0.3, -0.25) is 0 Å². The Hall–Kier alpha value is -2.51. The van der Waals surface area contributed by atoms with Crippen LogP contribution in [0.2, 0.25) is 0 Å². The molecule has 0 unspecified atom stereocenters. The summed E-state index contributed by atoms with van der Waals surface area (Å²) in [5, 5.41) is 13.5. The van der Waals surface area contributed by atoms with Gasteiger partial charge in [0, 0.05) is 0 Å². The molecule has 1 aromatic carbocycles. The van der Waals surface area contributed by atoms with Gasteiger partial charge >= 0.3 is 6.09 Å². The molecule has 1 N–H and O–H groups in total. The lowest BCUT2D eigenvalue weighted by molar-refractivity contribution is 0.170. The van der Waals surface area contributed by atoms with Gasteiger partial charge in [0.05, 0.1) is 19.3 Å². The molecule has 0 fully saturated rings. The third kappa shape index (κ3) is 2.59. The van der Waals surface area contributed by atoms with E-state index in [1.165, 1.54) is 36.1 Å². The normalized spacial score (nSPS) is 10.1. The number of alkyl carbamates (subject to hydrolysis) is 1. The number of hydrogen-bond acceptors (Lipinski definition) is 5. The largest absolute Gasteiger partial charge is 0.453 e. The second-order valence-electron chi connectivity index (χ2n) is 3.33. The van der Waals surface area contributed by atoms with Crippen molar-refractivity contribution in [2.45, 2.75) is 6.54 Å². The lowest BCUT2D eigenvalue weighted by Crippen LogP contribution is -2.24. The van der Waals surface area contributed by atoms with Crippen LogP contribution in [-0.2, 0) is 11.3 Å². The Bertz CT molecular complexity index is 539. The van der Waals surface area contributed by atoms with Crippen LogP contribution in [0.5, 0.6) is 0 Å². The number of rotatable bonds is 3. The van der Waals surface area contributed by atoms with Crippen molar-refractivity contribution in [2.24, 2.45) is 0 Å². The van der Waals surface area contributed by atoms with Gasteiger partial charge < -0.3 is 10.1 Å². The fraction of sp³-hybridized carbons (Fsp3) is 0.200. The number of nitrogens with zero attached hydrogens (tertiary/aromatic N) is 4. The molecule has 8 heteroatoms. The lowest BCUT2D eigenvalue weighted by atomic mass is 10.3. The Kier molecular flexibility index (Phi) is 3.46.